The van der Waals surface area contributed by atoms with Crippen LogP contribution in [0.4, 0.5) is 4.79 Å². The molecule has 1 rings (SSSR count). The van der Waals surface area contributed by atoms with E-state index in [1.165, 1.54) is 0 Å². The lowest BCUT2D eigenvalue weighted by molar-refractivity contribution is -0.121. The Balaban J connectivity index is 2.47. The molecule has 0 radical (unpaired) electrons. The van der Waals surface area contributed by atoms with Crippen LogP contribution in [-0.4, -0.2) is 18.0 Å². The molecule has 0 aromatic heterocycles. The molecule has 3 amide bonds. The summed E-state index contributed by atoms with van der Waals surface area (Å²) in [6, 6.07) is 7.61. The van der Waals surface area contributed by atoms with E-state index in [9.17, 15) is 9.59 Å². The molecular formula is C12H14N4O2. The first-order valence-corrected chi connectivity index (χ1v) is 5.35. The number of nitrogens with zero attached hydrogens (tertiary/aromatic N) is 1. The van der Waals surface area contributed by atoms with Gasteiger partial charge in [0, 0.05) is 6.54 Å². The highest BCUT2D eigenvalue weighted by molar-refractivity contribution is 5.96. The van der Waals surface area contributed by atoms with E-state index in [-0.39, 0.29) is 0 Å². The van der Waals surface area contributed by atoms with Crippen molar-refractivity contribution in [1.29, 1.82) is 5.26 Å². The highest BCUT2D eigenvalue weighted by atomic mass is 16.2. The number of hydrogen-bond donors (Lipinski definition) is 3. The van der Waals surface area contributed by atoms with E-state index in [0.29, 0.717) is 12.1 Å². The van der Waals surface area contributed by atoms with Crippen LogP contribution in [0.1, 0.15) is 18.1 Å². The number of carbonyl (C=O) groups excluding carboxylic acids is 2. The summed E-state index contributed by atoms with van der Waals surface area (Å²) in [5.41, 5.74) is 6.36. The quantitative estimate of drug-likeness (QED) is 0.706. The number of nitrogens with two attached hydrogens (primary N) is 1. The summed E-state index contributed by atoms with van der Waals surface area (Å²) >= 11 is 0. The summed E-state index contributed by atoms with van der Waals surface area (Å²) in [4.78, 5) is 21.8. The fourth-order valence-corrected chi connectivity index (χ4v) is 1.29. The monoisotopic (exact) mass is 246 g/mol. The molecule has 0 aliphatic carbocycles. The number of nitriles is 1. The third-order valence-corrected chi connectivity index (χ3v) is 2.34. The van der Waals surface area contributed by atoms with Crippen molar-refractivity contribution in [1.82, 2.24) is 10.6 Å². The molecule has 0 bridgehead atoms. The fraction of sp³-hybridized carbons (Fsp3) is 0.250. The Bertz CT molecular complexity index is 476. The molecule has 0 aliphatic rings. The highest BCUT2D eigenvalue weighted by Crippen LogP contribution is 2.03. The minimum absolute atomic E-state index is 0.457. The lowest BCUT2D eigenvalue weighted by Crippen LogP contribution is -2.46. The van der Waals surface area contributed by atoms with Gasteiger partial charge in [-0.15, -0.1) is 0 Å². The third kappa shape index (κ3) is 4.23. The minimum atomic E-state index is -0.868. The summed E-state index contributed by atoms with van der Waals surface area (Å²) in [5.74, 6) is -0.476. The van der Waals surface area contributed by atoms with Gasteiger partial charge in [-0.1, -0.05) is 12.1 Å². The van der Waals surface area contributed by atoms with Crippen LogP contribution in [0.3, 0.4) is 0 Å². The number of hydrogen-bond acceptors (Lipinski definition) is 4. The first kappa shape index (κ1) is 13.7. The van der Waals surface area contributed by atoms with E-state index in [2.05, 4.69) is 5.32 Å². The molecule has 0 aliphatic heterocycles. The number of nitrogens with one attached hydrogen (secondary N) is 2. The van der Waals surface area contributed by atoms with Gasteiger partial charge in [0.25, 0.3) is 0 Å². The maximum Gasteiger partial charge on any atom is 0.318 e. The molecule has 0 saturated heterocycles. The summed E-state index contributed by atoms with van der Waals surface area (Å²) in [5, 5.41) is 13.6. The van der Waals surface area contributed by atoms with Crippen LogP contribution < -0.4 is 16.4 Å². The van der Waals surface area contributed by atoms with Gasteiger partial charge in [0.2, 0.25) is 5.91 Å². The van der Waals surface area contributed by atoms with Crippen molar-refractivity contribution in [2.45, 2.75) is 19.5 Å². The fourth-order valence-electron chi connectivity index (χ4n) is 1.29. The van der Waals surface area contributed by atoms with Gasteiger partial charge in [-0.25, -0.2) is 4.79 Å². The Kier molecular flexibility index (Phi) is 4.84. The number of amides is 3. The predicted molar refractivity (Wildman–Crippen MR) is 65.2 cm³/mol. The Labute approximate surface area is 105 Å². The molecule has 18 heavy (non-hydrogen) atoms. The van der Waals surface area contributed by atoms with Crippen molar-refractivity contribution in [2.75, 3.05) is 0 Å². The molecule has 6 heteroatoms. The second kappa shape index (κ2) is 6.37. The molecule has 1 aromatic rings. The van der Waals surface area contributed by atoms with Crippen LogP contribution in [0.15, 0.2) is 24.3 Å². The zero-order chi connectivity index (χ0) is 13.5. The van der Waals surface area contributed by atoms with Crippen molar-refractivity contribution in [2.24, 2.45) is 5.73 Å². The number of urea groups is 1. The second-order valence-corrected chi connectivity index (χ2v) is 3.76. The van der Waals surface area contributed by atoms with Gasteiger partial charge >= 0.3 is 6.03 Å². The summed E-state index contributed by atoms with van der Waals surface area (Å²) in [7, 11) is 0. The molecule has 4 N–H and O–H groups in total. The number of rotatable bonds is 4. The molecule has 1 unspecified atom stereocenters. The summed E-state index contributed by atoms with van der Waals surface area (Å²) in [6.45, 7) is 2.08. The molecule has 0 saturated carbocycles. The first-order chi connectivity index (χ1) is 8.52. The standard InChI is InChI=1S/C12H14N4O2/c1-8(11(17)16-12(14)18)15-7-10-4-2-9(6-13)3-5-10/h2-5,8,15H,7H2,1H3,(H3,14,16,17,18). The normalized spacial score (nSPS) is 11.3. The van der Waals surface area contributed by atoms with Gasteiger partial charge < -0.3 is 11.1 Å². The Morgan fingerprint density at radius 1 is 1.39 bits per heavy atom. The lowest BCUT2D eigenvalue weighted by atomic mass is 10.1. The van der Waals surface area contributed by atoms with Crippen molar-refractivity contribution in [3.63, 3.8) is 0 Å². The molecular weight excluding hydrogens is 232 g/mol. The number of imide groups is 1. The number of benzene rings is 1. The van der Waals surface area contributed by atoms with E-state index in [1.54, 1.807) is 31.2 Å². The van der Waals surface area contributed by atoms with Crippen molar-refractivity contribution in [3.05, 3.63) is 35.4 Å². The SMILES string of the molecule is CC(NCc1ccc(C#N)cc1)C(=O)NC(N)=O. The van der Waals surface area contributed by atoms with Gasteiger partial charge in [-0.2, -0.15) is 5.26 Å². The topological polar surface area (TPSA) is 108 Å². The van der Waals surface area contributed by atoms with E-state index in [1.807, 2.05) is 11.4 Å². The van der Waals surface area contributed by atoms with E-state index < -0.39 is 18.0 Å². The van der Waals surface area contributed by atoms with E-state index >= 15 is 0 Å². The van der Waals surface area contributed by atoms with Crippen LogP contribution in [0.5, 0.6) is 0 Å². The smallest absolute Gasteiger partial charge is 0.318 e. The summed E-state index contributed by atoms with van der Waals surface area (Å²) in [6.07, 6.45) is 0. The van der Waals surface area contributed by atoms with Crippen molar-refractivity contribution >= 4 is 11.9 Å². The van der Waals surface area contributed by atoms with Crippen LogP contribution >= 0.6 is 0 Å². The molecule has 6 nitrogen and oxygen atoms in total. The van der Waals surface area contributed by atoms with E-state index in [0.717, 1.165) is 5.56 Å². The average molecular weight is 246 g/mol. The number of carbonyl (C=O) groups is 2. The zero-order valence-corrected chi connectivity index (χ0v) is 9.93. The van der Waals surface area contributed by atoms with Crippen molar-refractivity contribution < 1.29 is 9.59 Å². The van der Waals surface area contributed by atoms with Crippen LogP contribution in [0, 0.1) is 11.3 Å². The zero-order valence-electron chi connectivity index (χ0n) is 9.93. The van der Waals surface area contributed by atoms with Gasteiger partial charge in [0.05, 0.1) is 17.7 Å². The molecule has 0 spiro atoms. The largest absolute Gasteiger partial charge is 0.351 e. The van der Waals surface area contributed by atoms with Crippen LogP contribution in [-0.2, 0) is 11.3 Å². The molecule has 0 fully saturated rings. The van der Waals surface area contributed by atoms with Gasteiger partial charge in [0.15, 0.2) is 0 Å². The average Bonchev–Trinajstić information content (AvgIpc) is 2.35. The maximum atomic E-state index is 11.4. The summed E-state index contributed by atoms with van der Waals surface area (Å²) < 4.78 is 0. The molecule has 1 aromatic carbocycles. The molecule has 1 atom stereocenters. The molecule has 0 heterocycles. The predicted octanol–water partition coefficient (Wildman–Crippen LogP) is 0.231. The van der Waals surface area contributed by atoms with Crippen molar-refractivity contribution in [3.8, 4) is 6.07 Å². The minimum Gasteiger partial charge on any atom is -0.351 e. The van der Waals surface area contributed by atoms with Crippen LogP contribution in [0.25, 0.3) is 0 Å². The Morgan fingerprint density at radius 2 is 2.00 bits per heavy atom. The highest BCUT2D eigenvalue weighted by Gasteiger charge is 2.13. The van der Waals surface area contributed by atoms with Gasteiger partial charge in [-0.3, -0.25) is 10.1 Å². The maximum absolute atomic E-state index is 11.4. The second-order valence-electron chi connectivity index (χ2n) is 3.76. The van der Waals surface area contributed by atoms with Gasteiger partial charge in [0.1, 0.15) is 0 Å². The van der Waals surface area contributed by atoms with Crippen LogP contribution in [0.2, 0.25) is 0 Å². The Hall–Kier alpha value is -2.39. The first-order valence-electron chi connectivity index (χ1n) is 5.35. The number of primary amides is 1. The third-order valence-electron chi connectivity index (χ3n) is 2.34. The van der Waals surface area contributed by atoms with E-state index in [4.69, 9.17) is 11.0 Å². The molecule has 94 valence electrons. The lowest BCUT2D eigenvalue weighted by Gasteiger charge is -2.12. The Morgan fingerprint density at radius 3 is 2.50 bits per heavy atom. The van der Waals surface area contributed by atoms with Gasteiger partial charge in [-0.05, 0) is 24.6 Å².